The first-order valence-corrected chi connectivity index (χ1v) is 8.06. The molecule has 0 saturated heterocycles. The van der Waals surface area contributed by atoms with E-state index in [4.69, 9.17) is 4.42 Å². The van der Waals surface area contributed by atoms with E-state index in [1.165, 1.54) is 24.3 Å². The smallest absolute Gasteiger partial charge is 0.255 e. The summed E-state index contributed by atoms with van der Waals surface area (Å²) in [5.74, 6) is -0.778. The van der Waals surface area contributed by atoms with Crippen molar-refractivity contribution >= 4 is 33.5 Å². The Bertz CT molecular complexity index is 1210. The molecule has 26 heavy (non-hydrogen) atoms. The van der Waals surface area contributed by atoms with Gasteiger partial charge in [-0.3, -0.25) is 9.59 Å². The van der Waals surface area contributed by atoms with Crippen molar-refractivity contribution in [3.63, 3.8) is 0 Å². The second-order valence-electron chi connectivity index (χ2n) is 6.05. The van der Waals surface area contributed by atoms with Gasteiger partial charge in [0.2, 0.25) is 5.43 Å². The fourth-order valence-corrected chi connectivity index (χ4v) is 2.90. The minimum Gasteiger partial charge on any atom is -0.455 e. The molecular weight excluding hydrogens is 333 g/mol. The minimum absolute atomic E-state index is 0.110. The van der Waals surface area contributed by atoms with E-state index in [-0.39, 0.29) is 11.3 Å². The number of benzene rings is 3. The zero-order valence-corrected chi connectivity index (χ0v) is 13.9. The maximum absolute atomic E-state index is 13.0. The van der Waals surface area contributed by atoms with Crippen molar-refractivity contribution in [2.24, 2.45) is 0 Å². The van der Waals surface area contributed by atoms with Crippen LogP contribution in [0.1, 0.15) is 15.9 Å². The fraction of sp³-hybridized carbons (Fsp3) is 0.0476. The predicted molar refractivity (Wildman–Crippen MR) is 99.1 cm³/mol. The Morgan fingerprint density at radius 3 is 2.54 bits per heavy atom. The predicted octanol–water partition coefficient (Wildman–Crippen LogP) is 4.65. The zero-order chi connectivity index (χ0) is 18.3. The molecule has 4 aromatic rings. The number of anilines is 1. The van der Waals surface area contributed by atoms with Crippen LogP contribution < -0.4 is 10.7 Å². The second kappa shape index (κ2) is 6.11. The highest BCUT2D eigenvalue weighted by atomic mass is 19.1. The number of fused-ring (bicyclic) bond motifs is 2. The van der Waals surface area contributed by atoms with Crippen LogP contribution in [0.15, 0.2) is 69.9 Å². The Kier molecular flexibility index (Phi) is 3.77. The highest BCUT2D eigenvalue weighted by Crippen LogP contribution is 2.24. The van der Waals surface area contributed by atoms with Crippen molar-refractivity contribution in [1.82, 2.24) is 0 Å². The fourth-order valence-electron chi connectivity index (χ4n) is 2.90. The van der Waals surface area contributed by atoms with Gasteiger partial charge in [-0.15, -0.1) is 0 Å². The molecule has 4 nitrogen and oxygen atoms in total. The number of carbonyl (C=O) groups excluding carboxylic acids is 1. The number of rotatable bonds is 2. The van der Waals surface area contributed by atoms with E-state index < -0.39 is 5.82 Å². The van der Waals surface area contributed by atoms with E-state index in [9.17, 15) is 14.0 Å². The second-order valence-corrected chi connectivity index (χ2v) is 6.05. The van der Waals surface area contributed by atoms with Crippen molar-refractivity contribution in [2.75, 3.05) is 5.32 Å². The average molecular weight is 347 g/mol. The Hall–Kier alpha value is -3.47. The molecule has 128 valence electrons. The van der Waals surface area contributed by atoms with E-state index in [2.05, 4.69) is 5.32 Å². The molecule has 0 aliphatic heterocycles. The van der Waals surface area contributed by atoms with Crippen LogP contribution in [0, 0.1) is 12.7 Å². The van der Waals surface area contributed by atoms with Crippen molar-refractivity contribution in [3.8, 4) is 0 Å². The summed E-state index contributed by atoms with van der Waals surface area (Å²) in [7, 11) is 0. The molecule has 0 aliphatic carbocycles. The van der Waals surface area contributed by atoms with Gasteiger partial charge in [0.05, 0.1) is 10.8 Å². The van der Waals surface area contributed by atoms with Gasteiger partial charge < -0.3 is 9.73 Å². The highest BCUT2D eigenvalue weighted by molar-refractivity contribution is 6.05. The van der Waals surface area contributed by atoms with Gasteiger partial charge in [0, 0.05) is 17.3 Å². The summed E-state index contributed by atoms with van der Waals surface area (Å²) in [6, 6.07) is 15.6. The number of hydrogen-bond donors (Lipinski definition) is 1. The van der Waals surface area contributed by atoms with Crippen LogP contribution in [-0.2, 0) is 0 Å². The van der Waals surface area contributed by atoms with Gasteiger partial charge in [0.1, 0.15) is 17.0 Å². The van der Waals surface area contributed by atoms with Gasteiger partial charge in [0.25, 0.3) is 5.91 Å². The number of aryl methyl sites for hydroxylation is 1. The van der Waals surface area contributed by atoms with E-state index in [1.54, 1.807) is 24.3 Å². The van der Waals surface area contributed by atoms with E-state index in [0.717, 1.165) is 5.56 Å². The van der Waals surface area contributed by atoms with Gasteiger partial charge in [0.15, 0.2) is 0 Å². The third-order valence-electron chi connectivity index (χ3n) is 4.26. The third-order valence-corrected chi connectivity index (χ3v) is 4.26. The molecule has 0 fully saturated rings. The molecule has 0 spiro atoms. The number of nitrogens with one attached hydrogen (secondary N) is 1. The van der Waals surface area contributed by atoms with Crippen LogP contribution in [0.5, 0.6) is 0 Å². The van der Waals surface area contributed by atoms with Crippen LogP contribution in [0.4, 0.5) is 10.1 Å². The van der Waals surface area contributed by atoms with Gasteiger partial charge >= 0.3 is 0 Å². The molecule has 1 N–H and O–H groups in total. The lowest BCUT2D eigenvalue weighted by Gasteiger charge is -2.08. The molecule has 0 bridgehead atoms. The number of para-hydroxylation sites is 1. The molecule has 0 saturated carbocycles. The Morgan fingerprint density at radius 2 is 1.77 bits per heavy atom. The molecule has 0 radical (unpaired) electrons. The van der Waals surface area contributed by atoms with E-state index >= 15 is 0 Å². The maximum atomic E-state index is 13.0. The molecule has 4 rings (SSSR count). The summed E-state index contributed by atoms with van der Waals surface area (Å²) in [6.07, 6.45) is 0. The van der Waals surface area contributed by atoms with Gasteiger partial charge in [-0.2, -0.15) is 0 Å². The normalized spacial score (nSPS) is 11.0. The maximum Gasteiger partial charge on any atom is 0.255 e. The van der Waals surface area contributed by atoms with Crippen molar-refractivity contribution in [2.45, 2.75) is 6.92 Å². The molecule has 1 amide bonds. The van der Waals surface area contributed by atoms with Crippen LogP contribution in [0.25, 0.3) is 21.9 Å². The number of hydrogen-bond acceptors (Lipinski definition) is 3. The van der Waals surface area contributed by atoms with Gasteiger partial charge in [-0.1, -0.05) is 12.1 Å². The summed E-state index contributed by atoms with van der Waals surface area (Å²) in [6.45, 7) is 1.87. The SMILES string of the molecule is Cc1cccc2c(=O)c3ccc(NC(=O)c4ccc(F)cc4)cc3oc12. The molecule has 1 aromatic heterocycles. The molecule has 5 heteroatoms. The summed E-state index contributed by atoms with van der Waals surface area (Å²) in [5.41, 5.74) is 2.51. The molecular formula is C21H14FNO3. The minimum atomic E-state index is -0.406. The molecule has 3 aromatic carbocycles. The van der Waals surface area contributed by atoms with Crippen LogP contribution in [0.3, 0.4) is 0 Å². The van der Waals surface area contributed by atoms with Gasteiger partial charge in [-0.25, -0.2) is 4.39 Å². The Balaban J connectivity index is 1.76. The Labute approximate surface area is 147 Å². The van der Waals surface area contributed by atoms with Crippen molar-refractivity contribution in [1.29, 1.82) is 0 Å². The summed E-state index contributed by atoms with van der Waals surface area (Å²) < 4.78 is 18.9. The number of halogens is 1. The standard InChI is InChI=1S/C21H14FNO3/c1-12-3-2-4-17-19(24)16-10-9-15(11-18(16)26-20(12)17)23-21(25)13-5-7-14(22)8-6-13/h2-11H,1H3,(H,23,25). The van der Waals surface area contributed by atoms with E-state index in [0.29, 0.717) is 33.2 Å². The number of amides is 1. The third kappa shape index (κ3) is 2.73. The van der Waals surface area contributed by atoms with Crippen molar-refractivity contribution < 1.29 is 13.6 Å². The number of carbonyl (C=O) groups is 1. The monoisotopic (exact) mass is 347 g/mol. The van der Waals surface area contributed by atoms with Crippen LogP contribution in [0.2, 0.25) is 0 Å². The highest BCUT2D eigenvalue weighted by Gasteiger charge is 2.11. The molecule has 1 heterocycles. The zero-order valence-electron chi connectivity index (χ0n) is 13.9. The summed E-state index contributed by atoms with van der Waals surface area (Å²) in [4.78, 5) is 24.9. The first-order chi connectivity index (χ1) is 12.5. The van der Waals surface area contributed by atoms with Crippen LogP contribution >= 0.6 is 0 Å². The van der Waals surface area contributed by atoms with Gasteiger partial charge in [-0.05, 0) is 55.0 Å². The Morgan fingerprint density at radius 1 is 1.00 bits per heavy atom. The first kappa shape index (κ1) is 16.0. The summed E-state index contributed by atoms with van der Waals surface area (Å²) in [5, 5.41) is 3.70. The van der Waals surface area contributed by atoms with Crippen molar-refractivity contribution in [3.05, 3.63) is 87.8 Å². The lowest BCUT2D eigenvalue weighted by atomic mass is 10.1. The quantitative estimate of drug-likeness (QED) is 0.537. The molecule has 0 unspecified atom stereocenters. The average Bonchev–Trinajstić information content (AvgIpc) is 2.63. The largest absolute Gasteiger partial charge is 0.455 e. The van der Waals surface area contributed by atoms with E-state index in [1.807, 2.05) is 19.1 Å². The lowest BCUT2D eigenvalue weighted by molar-refractivity contribution is 0.102. The van der Waals surface area contributed by atoms with Crippen LogP contribution in [-0.4, -0.2) is 5.91 Å². The topological polar surface area (TPSA) is 59.3 Å². The molecule has 0 aliphatic rings. The first-order valence-electron chi connectivity index (χ1n) is 8.06. The lowest BCUT2D eigenvalue weighted by Crippen LogP contribution is -2.12. The summed E-state index contributed by atoms with van der Waals surface area (Å²) >= 11 is 0. The molecule has 0 atom stereocenters.